The van der Waals surface area contributed by atoms with Gasteiger partial charge in [0.15, 0.2) is 0 Å². The maximum absolute atomic E-state index is 5.53. The number of aromatic nitrogens is 2. The van der Waals surface area contributed by atoms with Gasteiger partial charge in [0, 0.05) is 19.3 Å². The van der Waals surface area contributed by atoms with Crippen LogP contribution in [0.25, 0.3) is 10.6 Å². The Kier molecular flexibility index (Phi) is 3.23. The van der Waals surface area contributed by atoms with E-state index in [0.717, 1.165) is 21.8 Å². The lowest BCUT2D eigenvalue weighted by molar-refractivity contribution is 0.684. The van der Waals surface area contributed by atoms with Gasteiger partial charge in [-0.15, -0.1) is 11.3 Å². The average molecular weight is 286 g/mol. The zero-order valence-electron chi connectivity index (χ0n) is 8.40. The van der Waals surface area contributed by atoms with Gasteiger partial charge in [0.1, 0.15) is 5.82 Å². The minimum absolute atomic E-state index is 0.644. The standard InChI is InChI=1S/C10H12BrN3S/c1-7-13-8(6-14(7)5-4-12)9-2-3-10(11)15-9/h2-3,6H,4-5,12H2,1H3. The monoisotopic (exact) mass is 285 g/mol. The van der Waals surface area contributed by atoms with E-state index in [4.69, 9.17) is 5.73 Å². The average Bonchev–Trinajstić information content (AvgIpc) is 2.75. The fourth-order valence-corrected chi connectivity index (χ4v) is 2.79. The Balaban J connectivity index is 2.33. The van der Waals surface area contributed by atoms with Crippen molar-refractivity contribution in [1.82, 2.24) is 9.55 Å². The first-order chi connectivity index (χ1) is 7.20. The van der Waals surface area contributed by atoms with Crippen LogP contribution < -0.4 is 5.73 Å². The van der Waals surface area contributed by atoms with Crippen molar-refractivity contribution in [1.29, 1.82) is 0 Å². The molecule has 0 saturated heterocycles. The number of thiophene rings is 1. The highest BCUT2D eigenvalue weighted by molar-refractivity contribution is 9.11. The maximum Gasteiger partial charge on any atom is 0.106 e. The molecule has 80 valence electrons. The molecule has 0 aliphatic rings. The SMILES string of the molecule is Cc1nc(-c2ccc(Br)s2)cn1CCN. The molecular weight excluding hydrogens is 274 g/mol. The van der Waals surface area contributed by atoms with Gasteiger partial charge in [0.05, 0.1) is 14.4 Å². The Morgan fingerprint density at radius 2 is 2.33 bits per heavy atom. The molecule has 0 radical (unpaired) electrons. The van der Waals surface area contributed by atoms with Crippen LogP contribution in [0.15, 0.2) is 22.1 Å². The molecule has 0 aliphatic heterocycles. The van der Waals surface area contributed by atoms with E-state index in [-0.39, 0.29) is 0 Å². The first-order valence-corrected chi connectivity index (χ1v) is 6.31. The number of hydrogen-bond acceptors (Lipinski definition) is 3. The summed E-state index contributed by atoms with van der Waals surface area (Å²) in [5.74, 6) is 1.01. The lowest BCUT2D eigenvalue weighted by atomic mass is 10.4. The van der Waals surface area contributed by atoms with E-state index in [0.29, 0.717) is 6.54 Å². The summed E-state index contributed by atoms with van der Waals surface area (Å²) in [7, 11) is 0. The second-order valence-electron chi connectivity index (χ2n) is 3.26. The van der Waals surface area contributed by atoms with Crippen molar-refractivity contribution in [3.8, 4) is 10.6 Å². The molecule has 0 unspecified atom stereocenters. The zero-order chi connectivity index (χ0) is 10.8. The van der Waals surface area contributed by atoms with E-state index in [1.54, 1.807) is 11.3 Å². The fraction of sp³-hybridized carbons (Fsp3) is 0.300. The lowest BCUT2D eigenvalue weighted by Crippen LogP contribution is -2.09. The van der Waals surface area contributed by atoms with Crippen LogP contribution in [-0.4, -0.2) is 16.1 Å². The normalized spacial score (nSPS) is 10.9. The van der Waals surface area contributed by atoms with Gasteiger partial charge in [-0.25, -0.2) is 4.98 Å². The Bertz CT molecular complexity index is 461. The number of imidazole rings is 1. The van der Waals surface area contributed by atoms with Crippen LogP contribution in [0.5, 0.6) is 0 Å². The predicted molar refractivity (Wildman–Crippen MR) is 67.0 cm³/mol. The second-order valence-corrected chi connectivity index (χ2v) is 5.72. The van der Waals surface area contributed by atoms with Crippen LogP contribution in [-0.2, 0) is 6.54 Å². The van der Waals surface area contributed by atoms with Crippen LogP contribution >= 0.6 is 27.3 Å². The number of rotatable bonds is 3. The summed E-state index contributed by atoms with van der Waals surface area (Å²) in [4.78, 5) is 5.69. The van der Waals surface area contributed by atoms with Crippen molar-refractivity contribution in [2.45, 2.75) is 13.5 Å². The van der Waals surface area contributed by atoms with Gasteiger partial charge in [0.2, 0.25) is 0 Å². The van der Waals surface area contributed by atoms with E-state index in [1.165, 1.54) is 4.88 Å². The van der Waals surface area contributed by atoms with Crippen molar-refractivity contribution >= 4 is 27.3 Å². The lowest BCUT2D eigenvalue weighted by Gasteiger charge is -1.99. The van der Waals surface area contributed by atoms with Crippen LogP contribution in [0.2, 0.25) is 0 Å². The van der Waals surface area contributed by atoms with Gasteiger partial charge in [-0.3, -0.25) is 0 Å². The second kappa shape index (κ2) is 4.47. The molecule has 2 aromatic rings. The summed E-state index contributed by atoms with van der Waals surface area (Å²) >= 11 is 5.14. The molecule has 3 nitrogen and oxygen atoms in total. The third kappa shape index (κ3) is 2.30. The van der Waals surface area contributed by atoms with Crippen LogP contribution in [0.1, 0.15) is 5.82 Å². The maximum atomic E-state index is 5.53. The van der Waals surface area contributed by atoms with Crippen molar-refractivity contribution in [3.63, 3.8) is 0 Å². The molecule has 0 atom stereocenters. The third-order valence-electron chi connectivity index (χ3n) is 2.17. The highest BCUT2D eigenvalue weighted by Gasteiger charge is 2.07. The first kappa shape index (κ1) is 10.9. The summed E-state index contributed by atoms with van der Waals surface area (Å²) < 4.78 is 3.21. The Hall–Kier alpha value is -0.650. The van der Waals surface area contributed by atoms with Gasteiger partial charge in [-0.1, -0.05) is 0 Å². The molecule has 0 saturated carbocycles. The molecule has 0 aliphatic carbocycles. The van der Waals surface area contributed by atoms with Gasteiger partial charge in [-0.2, -0.15) is 0 Å². The molecule has 2 N–H and O–H groups in total. The summed E-state index contributed by atoms with van der Waals surface area (Å²) in [5, 5.41) is 0. The molecule has 0 fully saturated rings. The predicted octanol–water partition coefficient (Wildman–Crippen LogP) is 2.64. The molecule has 0 aromatic carbocycles. The Labute approximate surface area is 101 Å². The first-order valence-electron chi connectivity index (χ1n) is 4.70. The van der Waals surface area contributed by atoms with E-state index in [9.17, 15) is 0 Å². The number of hydrogen-bond donors (Lipinski definition) is 1. The Morgan fingerprint density at radius 1 is 1.53 bits per heavy atom. The number of nitrogens with two attached hydrogens (primary N) is 1. The van der Waals surface area contributed by atoms with E-state index >= 15 is 0 Å². The largest absolute Gasteiger partial charge is 0.333 e. The summed E-state index contributed by atoms with van der Waals surface area (Å²) in [6.07, 6.45) is 2.06. The van der Waals surface area contributed by atoms with Crippen molar-refractivity contribution in [2.75, 3.05) is 6.54 Å². The highest BCUT2D eigenvalue weighted by Crippen LogP contribution is 2.30. The molecule has 0 spiro atoms. The zero-order valence-corrected chi connectivity index (χ0v) is 10.8. The van der Waals surface area contributed by atoms with Gasteiger partial charge >= 0.3 is 0 Å². The fourth-order valence-electron chi connectivity index (χ4n) is 1.44. The van der Waals surface area contributed by atoms with Gasteiger partial charge in [-0.05, 0) is 35.0 Å². The van der Waals surface area contributed by atoms with Gasteiger partial charge < -0.3 is 10.3 Å². The Morgan fingerprint density at radius 3 is 2.93 bits per heavy atom. The molecule has 2 heterocycles. The molecule has 5 heteroatoms. The van der Waals surface area contributed by atoms with Crippen LogP contribution in [0.3, 0.4) is 0 Å². The molecule has 0 bridgehead atoms. The van der Waals surface area contributed by atoms with Crippen LogP contribution in [0.4, 0.5) is 0 Å². The van der Waals surface area contributed by atoms with Crippen LogP contribution in [0, 0.1) is 6.92 Å². The molecule has 15 heavy (non-hydrogen) atoms. The van der Waals surface area contributed by atoms with E-state index in [1.807, 2.05) is 13.0 Å². The number of nitrogens with zero attached hydrogens (tertiary/aromatic N) is 2. The topological polar surface area (TPSA) is 43.8 Å². The molecule has 2 aromatic heterocycles. The molecular formula is C10H12BrN3S. The smallest absolute Gasteiger partial charge is 0.106 e. The quantitative estimate of drug-likeness (QED) is 0.942. The highest BCUT2D eigenvalue weighted by atomic mass is 79.9. The van der Waals surface area contributed by atoms with Crippen molar-refractivity contribution in [2.24, 2.45) is 5.73 Å². The van der Waals surface area contributed by atoms with Gasteiger partial charge in [0.25, 0.3) is 0 Å². The van der Waals surface area contributed by atoms with Crippen molar-refractivity contribution < 1.29 is 0 Å². The minimum Gasteiger partial charge on any atom is -0.333 e. The number of halogens is 1. The minimum atomic E-state index is 0.644. The molecule has 2 rings (SSSR count). The van der Waals surface area contributed by atoms with E-state index < -0.39 is 0 Å². The number of aryl methyl sites for hydroxylation is 1. The van der Waals surface area contributed by atoms with E-state index in [2.05, 4.69) is 37.7 Å². The summed E-state index contributed by atoms with van der Waals surface area (Å²) in [5.41, 5.74) is 6.55. The summed E-state index contributed by atoms with van der Waals surface area (Å²) in [6, 6.07) is 4.11. The molecule has 0 amide bonds. The summed E-state index contributed by atoms with van der Waals surface area (Å²) in [6.45, 7) is 3.47. The third-order valence-corrected chi connectivity index (χ3v) is 3.82. The van der Waals surface area contributed by atoms with Crippen molar-refractivity contribution in [3.05, 3.63) is 27.9 Å².